The number of hydrogen-bond acceptors (Lipinski definition) is 6. The van der Waals surface area contributed by atoms with Crippen molar-refractivity contribution in [3.8, 4) is 0 Å². The molecular formula is C30H34F2N6O2. The number of nitrogen functional groups attached to an aromatic ring is 1. The maximum Gasteiger partial charge on any atom is 0.281 e. The first-order chi connectivity index (χ1) is 19.4. The number of carbonyl (C=O) groups is 1. The van der Waals surface area contributed by atoms with E-state index in [1.807, 2.05) is 12.1 Å². The first-order valence-corrected chi connectivity index (χ1v) is 13.5. The number of nitrogens with two attached hydrogens (primary N) is 2. The molecule has 40 heavy (non-hydrogen) atoms. The second-order valence-corrected chi connectivity index (χ2v) is 10.2. The summed E-state index contributed by atoms with van der Waals surface area (Å²) in [6.45, 7) is 4.90. The van der Waals surface area contributed by atoms with E-state index in [1.54, 1.807) is 24.3 Å². The van der Waals surface area contributed by atoms with Gasteiger partial charge in [0.2, 0.25) is 0 Å². The van der Waals surface area contributed by atoms with Gasteiger partial charge in [0.15, 0.2) is 0 Å². The van der Waals surface area contributed by atoms with Gasteiger partial charge in [-0.15, -0.1) is 0 Å². The van der Waals surface area contributed by atoms with Gasteiger partial charge in [0.05, 0.1) is 5.56 Å². The van der Waals surface area contributed by atoms with Crippen LogP contribution in [-0.2, 0) is 11.2 Å². The van der Waals surface area contributed by atoms with Crippen molar-refractivity contribution in [1.29, 1.82) is 0 Å². The number of amidine groups is 1. The number of anilines is 3. The summed E-state index contributed by atoms with van der Waals surface area (Å²) in [5.41, 5.74) is 16.6. The largest absolute Gasteiger partial charge is 0.398 e. The lowest BCUT2D eigenvalue weighted by Gasteiger charge is -2.31. The van der Waals surface area contributed by atoms with E-state index in [2.05, 4.69) is 20.5 Å². The molecule has 2 saturated heterocycles. The number of amides is 1. The van der Waals surface area contributed by atoms with Crippen molar-refractivity contribution in [1.82, 2.24) is 5.32 Å². The van der Waals surface area contributed by atoms with Gasteiger partial charge in [-0.05, 0) is 72.9 Å². The van der Waals surface area contributed by atoms with Crippen LogP contribution in [0.3, 0.4) is 0 Å². The first kappa shape index (κ1) is 27.5. The molecule has 2 heterocycles. The zero-order chi connectivity index (χ0) is 28.1. The Hall–Kier alpha value is -4.02. The summed E-state index contributed by atoms with van der Waals surface area (Å²) in [7, 11) is 0. The van der Waals surface area contributed by atoms with Crippen molar-refractivity contribution < 1.29 is 18.3 Å². The van der Waals surface area contributed by atoms with E-state index >= 15 is 0 Å². The highest BCUT2D eigenvalue weighted by Crippen LogP contribution is 2.28. The van der Waals surface area contributed by atoms with Crippen LogP contribution in [0.1, 0.15) is 39.9 Å². The Balaban J connectivity index is 1.41. The third-order valence-electron chi connectivity index (χ3n) is 7.24. The van der Waals surface area contributed by atoms with Gasteiger partial charge in [-0.1, -0.05) is 6.07 Å². The fourth-order valence-electron chi connectivity index (χ4n) is 5.13. The third-order valence-corrected chi connectivity index (χ3v) is 7.24. The Bertz CT molecular complexity index is 1380. The fourth-order valence-corrected chi connectivity index (χ4v) is 5.13. The minimum Gasteiger partial charge on any atom is -0.398 e. The van der Waals surface area contributed by atoms with Crippen LogP contribution in [0.25, 0.3) is 0 Å². The Morgan fingerprint density at radius 1 is 0.975 bits per heavy atom. The van der Waals surface area contributed by atoms with Gasteiger partial charge in [-0.25, -0.2) is 8.78 Å². The maximum atomic E-state index is 13.7. The number of carbonyl (C=O) groups excluding carboxylic acids is 1. The molecular weight excluding hydrogens is 514 g/mol. The first-order valence-electron chi connectivity index (χ1n) is 13.5. The van der Waals surface area contributed by atoms with Crippen LogP contribution in [0, 0.1) is 11.6 Å². The van der Waals surface area contributed by atoms with Crippen LogP contribution in [0.2, 0.25) is 0 Å². The summed E-state index contributed by atoms with van der Waals surface area (Å²) < 4.78 is 32.8. The second kappa shape index (κ2) is 12.4. The average Bonchev–Trinajstić information content (AvgIpc) is 2.94. The van der Waals surface area contributed by atoms with Crippen molar-refractivity contribution in [2.75, 3.05) is 55.3 Å². The van der Waals surface area contributed by atoms with Gasteiger partial charge < -0.3 is 31.7 Å². The topological polar surface area (TPSA) is 118 Å². The molecule has 0 bridgehead atoms. The average molecular weight is 549 g/mol. The smallest absolute Gasteiger partial charge is 0.281 e. The van der Waals surface area contributed by atoms with Gasteiger partial charge in [0.1, 0.15) is 17.5 Å². The molecule has 1 amide bonds. The molecule has 10 heteroatoms. The predicted octanol–water partition coefficient (Wildman–Crippen LogP) is 3.68. The number of nitrogens with one attached hydrogen (secondary N) is 2. The Kier molecular flexibility index (Phi) is 8.57. The lowest BCUT2D eigenvalue weighted by molar-refractivity contribution is 0.0904. The number of nitrogens with zero attached hydrogens (tertiary/aromatic N) is 2. The summed E-state index contributed by atoms with van der Waals surface area (Å²) in [5, 5.41) is 6.90. The van der Waals surface area contributed by atoms with E-state index in [9.17, 15) is 13.6 Å². The molecule has 210 valence electrons. The predicted molar refractivity (Wildman–Crippen MR) is 154 cm³/mol. The molecule has 0 radical (unpaired) electrons. The van der Waals surface area contributed by atoms with Gasteiger partial charge in [0.25, 0.3) is 5.91 Å². The van der Waals surface area contributed by atoms with E-state index in [4.69, 9.17) is 16.2 Å². The van der Waals surface area contributed by atoms with Crippen LogP contribution in [0.15, 0.2) is 59.6 Å². The minimum absolute atomic E-state index is 0.0297. The number of hydrogen-bond donors (Lipinski definition) is 4. The Morgan fingerprint density at radius 2 is 1.70 bits per heavy atom. The number of halogens is 2. The molecule has 3 aromatic rings. The van der Waals surface area contributed by atoms with Gasteiger partial charge >= 0.3 is 0 Å². The van der Waals surface area contributed by atoms with Gasteiger partial charge in [-0.2, -0.15) is 4.99 Å². The SMILES string of the molecule is NC(=NC(=O)c1ccc(N2CCNCC2)cc1NC1CCOCC1)c1cc(Cc2cc(F)cc(F)c2)ccc1N. The van der Waals surface area contributed by atoms with E-state index in [-0.39, 0.29) is 18.3 Å². The van der Waals surface area contributed by atoms with E-state index in [0.717, 1.165) is 56.3 Å². The summed E-state index contributed by atoms with van der Waals surface area (Å²) in [6.07, 6.45) is 1.95. The number of piperazine rings is 1. The highest BCUT2D eigenvalue weighted by molar-refractivity contribution is 6.12. The van der Waals surface area contributed by atoms with Crippen molar-refractivity contribution in [3.05, 3.63) is 88.5 Å². The normalized spacial score (nSPS) is 16.6. The van der Waals surface area contributed by atoms with Crippen LogP contribution in [-0.4, -0.2) is 57.2 Å². The number of ether oxygens (including phenoxy) is 1. The van der Waals surface area contributed by atoms with Crippen molar-refractivity contribution in [2.45, 2.75) is 25.3 Å². The highest BCUT2D eigenvalue weighted by atomic mass is 19.1. The van der Waals surface area contributed by atoms with E-state index in [0.29, 0.717) is 41.3 Å². The molecule has 6 N–H and O–H groups in total. The monoisotopic (exact) mass is 548 g/mol. The number of rotatable bonds is 7. The fraction of sp³-hybridized carbons (Fsp3) is 0.333. The molecule has 2 fully saturated rings. The van der Waals surface area contributed by atoms with E-state index in [1.165, 1.54) is 12.1 Å². The molecule has 0 aliphatic carbocycles. The minimum atomic E-state index is -0.648. The Morgan fingerprint density at radius 3 is 2.42 bits per heavy atom. The zero-order valence-electron chi connectivity index (χ0n) is 22.3. The van der Waals surface area contributed by atoms with Crippen molar-refractivity contribution >= 4 is 28.8 Å². The zero-order valence-corrected chi connectivity index (χ0v) is 22.3. The molecule has 0 saturated carbocycles. The molecule has 0 unspecified atom stereocenters. The highest BCUT2D eigenvalue weighted by Gasteiger charge is 2.21. The van der Waals surface area contributed by atoms with E-state index < -0.39 is 17.5 Å². The third kappa shape index (κ3) is 6.75. The van der Waals surface area contributed by atoms with Crippen LogP contribution < -0.4 is 27.0 Å². The summed E-state index contributed by atoms with van der Waals surface area (Å²) in [5.74, 6) is -1.81. The molecule has 5 rings (SSSR count). The van der Waals surface area contributed by atoms with Crippen LogP contribution >= 0.6 is 0 Å². The summed E-state index contributed by atoms with van der Waals surface area (Å²) in [4.78, 5) is 20.0. The van der Waals surface area contributed by atoms with Gasteiger partial charge in [0, 0.05) is 74.1 Å². The number of benzene rings is 3. The lowest BCUT2D eigenvalue weighted by Crippen LogP contribution is -2.43. The van der Waals surface area contributed by atoms with Gasteiger partial charge in [-0.3, -0.25) is 4.79 Å². The molecule has 0 aromatic heterocycles. The quantitative estimate of drug-likeness (QED) is 0.202. The molecule has 8 nitrogen and oxygen atoms in total. The van der Waals surface area contributed by atoms with Crippen LogP contribution in [0.4, 0.5) is 25.8 Å². The van der Waals surface area contributed by atoms with Crippen LogP contribution in [0.5, 0.6) is 0 Å². The molecule has 2 aliphatic rings. The molecule has 2 aliphatic heterocycles. The van der Waals surface area contributed by atoms with Crippen molar-refractivity contribution in [3.63, 3.8) is 0 Å². The lowest BCUT2D eigenvalue weighted by atomic mass is 10.0. The number of aliphatic imine (C=N–C) groups is 1. The summed E-state index contributed by atoms with van der Waals surface area (Å²) in [6, 6.07) is 14.4. The van der Waals surface area contributed by atoms with Crippen molar-refractivity contribution in [2.24, 2.45) is 10.7 Å². The molecule has 3 aromatic carbocycles. The maximum absolute atomic E-state index is 13.7. The summed E-state index contributed by atoms with van der Waals surface area (Å²) >= 11 is 0. The molecule has 0 atom stereocenters. The molecule has 0 spiro atoms. The standard InChI is InChI=1S/C30H34F2N6O2/c31-21-14-20(15-22(32)17-21)13-19-1-4-27(33)26(16-19)29(34)37-30(39)25-3-2-24(38-9-7-35-8-10-38)18-28(25)36-23-5-11-40-12-6-23/h1-4,14-18,23,35-36H,5-13,33H2,(H2,34,37,39). The second-order valence-electron chi connectivity index (χ2n) is 10.2. The Labute approximate surface area is 232 Å².